The van der Waals surface area contributed by atoms with E-state index in [1.807, 2.05) is 6.92 Å². The number of hydroxylamine groups is 1. The Balaban J connectivity index is 0.00000169. The van der Waals surface area contributed by atoms with E-state index in [1.165, 1.54) is 7.11 Å². The molecule has 5 heteroatoms. The molecule has 1 amide bonds. The van der Waals surface area contributed by atoms with Crippen LogP contribution in [0.4, 0.5) is 0 Å². The summed E-state index contributed by atoms with van der Waals surface area (Å²) in [5.74, 6) is -0.135. The molecule has 0 aromatic rings. The number of carbonyl (C=O) groups excluding carboxylic acids is 1. The molecule has 1 fully saturated rings. The summed E-state index contributed by atoms with van der Waals surface area (Å²) in [7, 11) is 1.43. The lowest BCUT2D eigenvalue weighted by atomic mass is 10.2. The molecule has 0 radical (unpaired) electrons. The number of ether oxygens (including phenoxy) is 1. The van der Waals surface area contributed by atoms with Gasteiger partial charge in [-0.3, -0.25) is 14.5 Å². The van der Waals surface area contributed by atoms with E-state index in [-0.39, 0.29) is 13.4 Å². The van der Waals surface area contributed by atoms with Crippen LogP contribution in [0.2, 0.25) is 0 Å². The van der Waals surface area contributed by atoms with Crippen LogP contribution in [-0.2, 0) is 14.4 Å². The highest BCUT2D eigenvalue weighted by molar-refractivity contribution is 5.81. The highest BCUT2D eigenvalue weighted by Crippen LogP contribution is 2.05. The number of rotatable bonds is 3. The minimum atomic E-state index is -0.210. The normalized spacial score (nSPS) is 24.3. The first-order chi connectivity index (χ1) is 6.29. The SMILES string of the molecule is CCN1CCOC[C@H]1C(=O)NOC.[HH]. The van der Waals surface area contributed by atoms with Gasteiger partial charge in [-0.05, 0) is 6.54 Å². The van der Waals surface area contributed by atoms with Crippen molar-refractivity contribution in [3.05, 3.63) is 0 Å². The molecular formula is C8H18N2O3. The third kappa shape index (κ3) is 2.65. The van der Waals surface area contributed by atoms with Crippen LogP contribution < -0.4 is 5.48 Å². The van der Waals surface area contributed by atoms with Gasteiger partial charge >= 0.3 is 0 Å². The summed E-state index contributed by atoms with van der Waals surface area (Å²) in [5.41, 5.74) is 2.32. The first-order valence-corrected chi connectivity index (χ1v) is 4.44. The molecule has 78 valence electrons. The van der Waals surface area contributed by atoms with Crippen molar-refractivity contribution in [3.63, 3.8) is 0 Å². The van der Waals surface area contributed by atoms with Crippen LogP contribution in [0.25, 0.3) is 0 Å². The van der Waals surface area contributed by atoms with Crippen molar-refractivity contribution in [1.29, 1.82) is 0 Å². The summed E-state index contributed by atoms with van der Waals surface area (Å²) in [5, 5.41) is 0. The van der Waals surface area contributed by atoms with Gasteiger partial charge in [-0.25, -0.2) is 5.48 Å². The van der Waals surface area contributed by atoms with Crippen molar-refractivity contribution in [3.8, 4) is 0 Å². The van der Waals surface area contributed by atoms with Crippen LogP contribution in [-0.4, -0.2) is 50.3 Å². The monoisotopic (exact) mass is 190 g/mol. The number of nitrogens with one attached hydrogen (secondary N) is 1. The van der Waals surface area contributed by atoms with Gasteiger partial charge in [0.2, 0.25) is 0 Å². The number of morpholine rings is 1. The van der Waals surface area contributed by atoms with Gasteiger partial charge < -0.3 is 4.74 Å². The first kappa shape index (κ1) is 10.4. The van der Waals surface area contributed by atoms with Crippen LogP contribution in [0.5, 0.6) is 0 Å². The van der Waals surface area contributed by atoms with Gasteiger partial charge in [-0.15, -0.1) is 0 Å². The summed E-state index contributed by atoms with van der Waals surface area (Å²) >= 11 is 0. The lowest BCUT2D eigenvalue weighted by molar-refractivity contribution is -0.142. The Hall–Kier alpha value is -0.650. The Labute approximate surface area is 79.4 Å². The van der Waals surface area contributed by atoms with E-state index in [2.05, 4.69) is 15.2 Å². The fourth-order valence-corrected chi connectivity index (χ4v) is 1.43. The zero-order valence-corrected chi connectivity index (χ0v) is 8.08. The van der Waals surface area contributed by atoms with Crippen molar-refractivity contribution in [2.45, 2.75) is 13.0 Å². The molecule has 5 nitrogen and oxygen atoms in total. The lowest BCUT2D eigenvalue weighted by Gasteiger charge is -2.33. The van der Waals surface area contributed by atoms with Crippen LogP contribution >= 0.6 is 0 Å². The van der Waals surface area contributed by atoms with E-state index in [1.54, 1.807) is 0 Å². The Bertz CT molecular complexity index is 180. The third-order valence-corrected chi connectivity index (χ3v) is 2.15. The van der Waals surface area contributed by atoms with Gasteiger partial charge in [0.25, 0.3) is 5.91 Å². The fraction of sp³-hybridized carbons (Fsp3) is 0.875. The van der Waals surface area contributed by atoms with E-state index in [9.17, 15) is 4.79 Å². The predicted octanol–water partition coefficient (Wildman–Crippen LogP) is -0.369. The van der Waals surface area contributed by atoms with Crippen LogP contribution in [0.15, 0.2) is 0 Å². The second kappa shape index (κ2) is 5.16. The number of hydrogen-bond acceptors (Lipinski definition) is 4. The highest BCUT2D eigenvalue weighted by atomic mass is 16.6. The second-order valence-corrected chi connectivity index (χ2v) is 2.89. The van der Waals surface area contributed by atoms with Crippen molar-refractivity contribution in [2.75, 3.05) is 33.4 Å². The van der Waals surface area contributed by atoms with Crippen molar-refractivity contribution < 1.29 is 15.8 Å². The van der Waals surface area contributed by atoms with Crippen LogP contribution in [0.1, 0.15) is 8.35 Å². The van der Waals surface area contributed by atoms with Gasteiger partial charge in [-0.2, -0.15) is 0 Å². The van der Waals surface area contributed by atoms with Crippen LogP contribution in [0.3, 0.4) is 0 Å². The van der Waals surface area contributed by atoms with Gasteiger partial charge in [0.05, 0.1) is 20.3 Å². The molecule has 1 rings (SSSR count). The maximum absolute atomic E-state index is 11.4. The van der Waals surface area contributed by atoms with Crippen molar-refractivity contribution >= 4 is 5.91 Å². The standard InChI is InChI=1S/C8H16N2O3.H2/c1-3-10-4-5-13-6-7(10)8(11)9-12-2;/h7H,3-6H2,1-2H3,(H,9,11);1H/t7-;/m0./s1. The maximum atomic E-state index is 11.4. The van der Waals surface area contributed by atoms with Crippen LogP contribution in [0, 0.1) is 0 Å². The van der Waals surface area contributed by atoms with Gasteiger partial charge in [-0.1, -0.05) is 6.92 Å². The molecule has 0 spiro atoms. The molecule has 13 heavy (non-hydrogen) atoms. The molecule has 1 saturated heterocycles. The first-order valence-electron chi connectivity index (χ1n) is 4.44. The molecule has 1 atom stereocenters. The van der Waals surface area contributed by atoms with Crippen molar-refractivity contribution in [1.82, 2.24) is 10.4 Å². The number of carbonyl (C=O) groups is 1. The molecule has 1 aliphatic heterocycles. The summed E-state index contributed by atoms with van der Waals surface area (Å²) < 4.78 is 5.22. The molecule has 1 heterocycles. The molecule has 0 aliphatic carbocycles. The highest BCUT2D eigenvalue weighted by Gasteiger charge is 2.27. The summed E-state index contributed by atoms with van der Waals surface area (Å²) in [4.78, 5) is 18.0. The summed E-state index contributed by atoms with van der Waals surface area (Å²) in [6, 6.07) is -0.210. The second-order valence-electron chi connectivity index (χ2n) is 2.89. The number of amides is 1. The average Bonchev–Trinajstić information content (AvgIpc) is 2.18. The molecule has 0 saturated carbocycles. The van der Waals surface area contributed by atoms with Gasteiger partial charge in [0.1, 0.15) is 6.04 Å². The lowest BCUT2D eigenvalue weighted by Crippen LogP contribution is -2.53. The number of nitrogens with zero attached hydrogens (tertiary/aromatic N) is 1. The van der Waals surface area contributed by atoms with E-state index in [0.29, 0.717) is 13.2 Å². The van der Waals surface area contributed by atoms with Crippen molar-refractivity contribution in [2.24, 2.45) is 0 Å². The molecule has 1 aliphatic rings. The van der Waals surface area contributed by atoms with Gasteiger partial charge in [0.15, 0.2) is 0 Å². The topological polar surface area (TPSA) is 50.8 Å². The zero-order chi connectivity index (χ0) is 9.68. The smallest absolute Gasteiger partial charge is 0.263 e. The van der Waals surface area contributed by atoms with E-state index >= 15 is 0 Å². The van der Waals surface area contributed by atoms with E-state index in [0.717, 1.165) is 13.1 Å². The van der Waals surface area contributed by atoms with E-state index < -0.39 is 0 Å². The third-order valence-electron chi connectivity index (χ3n) is 2.15. The fourth-order valence-electron chi connectivity index (χ4n) is 1.43. The molecular weight excluding hydrogens is 172 g/mol. The number of hydrogen-bond donors (Lipinski definition) is 1. The molecule has 0 aromatic heterocycles. The summed E-state index contributed by atoms with van der Waals surface area (Å²) in [6.45, 7) is 4.83. The largest absolute Gasteiger partial charge is 0.378 e. The Kier molecular flexibility index (Phi) is 4.14. The Morgan fingerprint density at radius 2 is 2.62 bits per heavy atom. The molecule has 0 unspecified atom stereocenters. The van der Waals surface area contributed by atoms with E-state index in [4.69, 9.17) is 4.74 Å². The quantitative estimate of drug-likeness (QED) is 0.617. The minimum Gasteiger partial charge on any atom is -0.378 e. The maximum Gasteiger partial charge on any atom is 0.263 e. The Morgan fingerprint density at radius 1 is 1.85 bits per heavy atom. The average molecular weight is 190 g/mol. The summed E-state index contributed by atoms with van der Waals surface area (Å²) in [6.07, 6.45) is 0. The van der Waals surface area contributed by atoms with Gasteiger partial charge in [0, 0.05) is 7.97 Å². The molecule has 1 N–H and O–H groups in total. The Morgan fingerprint density at radius 3 is 3.23 bits per heavy atom. The number of likely N-dealkylation sites (N-methyl/N-ethyl adjacent to an activating group) is 1. The molecule has 0 bridgehead atoms. The zero-order valence-electron chi connectivity index (χ0n) is 8.08. The predicted molar refractivity (Wildman–Crippen MR) is 49.1 cm³/mol. The molecule has 0 aromatic carbocycles. The minimum absolute atomic E-state index is 0.